The third-order valence-electron chi connectivity index (χ3n) is 7.24. The lowest BCUT2D eigenvalue weighted by atomic mass is 9.69. The summed E-state index contributed by atoms with van der Waals surface area (Å²) in [6, 6.07) is 15.8. The molecule has 0 amide bonds. The van der Waals surface area contributed by atoms with Crippen LogP contribution in [0.5, 0.6) is 0 Å². The third-order valence-corrected chi connectivity index (χ3v) is 7.24. The predicted molar refractivity (Wildman–Crippen MR) is 125 cm³/mol. The monoisotopic (exact) mass is 400 g/mol. The van der Waals surface area contributed by atoms with E-state index < -0.39 is 0 Å². The van der Waals surface area contributed by atoms with Crippen molar-refractivity contribution >= 4 is 0 Å². The highest BCUT2D eigenvalue weighted by atomic mass is 19.1. The van der Waals surface area contributed by atoms with E-state index >= 15 is 0 Å². The number of halogens is 1. The average molecular weight is 401 g/mol. The van der Waals surface area contributed by atoms with Crippen LogP contribution in [-0.4, -0.2) is 0 Å². The summed E-state index contributed by atoms with van der Waals surface area (Å²) in [5.41, 5.74) is 8.66. The van der Waals surface area contributed by atoms with Crippen molar-refractivity contribution in [1.82, 2.24) is 0 Å². The van der Waals surface area contributed by atoms with Gasteiger partial charge in [0.1, 0.15) is 5.82 Å². The third kappa shape index (κ3) is 4.51. The summed E-state index contributed by atoms with van der Waals surface area (Å²) in [5, 5.41) is 0. The molecule has 0 radical (unpaired) electrons. The molecule has 2 aromatic rings. The van der Waals surface area contributed by atoms with E-state index in [0.717, 1.165) is 31.6 Å². The van der Waals surface area contributed by atoms with Gasteiger partial charge < -0.3 is 0 Å². The van der Waals surface area contributed by atoms with Crippen LogP contribution in [0.1, 0.15) is 56.2 Å². The molecule has 2 aromatic carbocycles. The maximum atomic E-state index is 13.2. The van der Waals surface area contributed by atoms with Crippen molar-refractivity contribution in [3.63, 3.8) is 0 Å². The molecular formula is C29H33F. The van der Waals surface area contributed by atoms with Gasteiger partial charge >= 0.3 is 0 Å². The molecular weight excluding hydrogens is 367 g/mol. The minimum absolute atomic E-state index is 0.161. The molecule has 1 saturated carbocycles. The van der Waals surface area contributed by atoms with Gasteiger partial charge in [0, 0.05) is 0 Å². The Morgan fingerprint density at radius 2 is 1.83 bits per heavy atom. The first-order valence-corrected chi connectivity index (χ1v) is 11.3. The molecule has 0 aliphatic heterocycles. The minimum Gasteiger partial charge on any atom is -0.207 e. The van der Waals surface area contributed by atoms with Gasteiger partial charge in [-0.15, -0.1) is 0 Å². The molecule has 1 fully saturated rings. The van der Waals surface area contributed by atoms with Crippen LogP contribution in [0.25, 0.3) is 0 Å². The highest BCUT2D eigenvalue weighted by molar-refractivity contribution is 5.39. The Kier molecular flexibility index (Phi) is 6.09. The zero-order valence-electron chi connectivity index (χ0n) is 18.4. The van der Waals surface area contributed by atoms with Gasteiger partial charge in [-0.2, -0.15) is 0 Å². The first-order valence-electron chi connectivity index (χ1n) is 11.3. The van der Waals surface area contributed by atoms with Crippen molar-refractivity contribution in [1.29, 1.82) is 0 Å². The summed E-state index contributed by atoms with van der Waals surface area (Å²) in [6.45, 7) is 8.69. The summed E-state index contributed by atoms with van der Waals surface area (Å²) < 4.78 is 13.2. The standard InChI is InChI=1S/C29H33F/c1-21(2)18-25-7-5-4-6-24(25)10-11-26-12-13-27-20-23(16-17-29(26,27)3)19-22-8-14-28(30)15-9-22/h4-9,14-16,20,26H,1,10-13,17-19H2,2-3H3. The Labute approximate surface area is 181 Å². The number of hydrogen-bond acceptors (Lipinski definition) is 0. The first kappa shape index (κ1) is 20.8. The Balaban J connectivity index is 1.42. The van der Waals surface area contributed by atoms with Crippen LogP contribution in [-0.2, 0) is 19.3 Å². The van der Waals surface area contributed by atoms with Crippen LogP contribution in [0, 0.1) is 17.2 Å². The number of rotatable bonds is 7. The molecule has 2 aliphatic rings. The van der Waals surface area contributed by atoms with Crippen LogP contribution in [0.15, 0.2) is 84.0 Å². The van der Waals surface area contributed by atoms with E-state index in [1.807, 2.05) is 12.1 Å². The molecule has 0 N–H and O–H groups in total. The minimum atomic E-state index is -0.161. The fourth-order valence-electron chi connectivity index (χ4n) is 5.41. The Morgan fingerprint density at radius 3 is 2.57 bits per heavy atom. The maximum Gasteiger partial charge on any atom is 0.123 e. The van der Waals surface area contributed by atoms with E-state index in [-0.39, 0.29) is 5.82 Å². The van der Waals surface area contributed by atoms with Gasteiger partial charge in [-0.25, -0.2) is 4.39 Å². The summed E-state index contributed by atoms with van der Waals surface area (Å²) in [4.78, 5) is 0. The molecule has 2 atom stereocenters. The fourth-order valence-corrected chi connectivity index (χ4v) is 5.41. The molecule has 2 aliphatic carbocycles. The number of benzene rings is 2. The zero-order chi connectivity index (χ0) is 21.1. The second kappa shape index (κ2) is 8.76. The molecule has 1 heteroatoms. The largest absolute Gasteiger partial charge is 0.207 e. The van der Waals surface area contributed by atoms with Crippen molar-refractivity contribution in [3.8, 4) is 0 Å². The van der Waals surface area contributed by atoms with E-state index in [2.05, 4.69) is 56.8 Å². The summed E-state index contributed by atoms with van der Waals surface area (Å²) >= 11 is 0. The van der Waals surface area contributed by atoms with Gasteiger partial charge in [-0.3, -0.25) is 0 Å². The topological polar surface area (TPSA) is 0 Å². The summed E-state index contributed by atoms with van der Waals surface area (Å²) in [6.07, 6.45) is 12.8. The Bertz CT molecular complexity index is 976. The number of allylic oxidation sites excluding steroid dienone is 5. The molecule has 30 heavy (non-hydrogen) atoms. The van der Waals surface area contributed by atoms with Crippen molar-refractivity contribution in [2.75, 3.05) is 0 Å². The Hall–Kier alpha value is -2.41. The first-order chi connectivity index (χ1) is 14.4. The maximum absolute atomic E-state index is 13.2. The van der Waals surface area contributed by atoms with Crippen LogP contribution >= 0.6 is 0 Å². The fraction of sp³-hybridized carbons (Fsp3) is 0.379. The lowest BCUT2D eigenvalue weighted by molar-refractivity contribution is 0.259. The molecule has 0 saturated heterocycles. The average Bonchev–Trinajstić information content (AvgIpc) is 3.04. The Morgan fingerprint density at radius 1 is 1.10 bits per heavy atom. The van der Waals surface area contributed by atoms with Crippen molar-refractivity contribution in [3.05, 3.63) is 106 Å². The van der Waals surface area contributed by atoms with Gasteiger partial charge in [0.05, 0.1) is 0 Å². The van der Waals surface area contributed by atoms with Gasteiger partial charge in [0.15, 0.2) is 0 Å². The molecule has 0 heterocycles. The summed E-state index contributed by atoms with van der Waals surface area (Å²) in [5.74, 6) is 0.580. The second-order valence-electron chi connectivity index (χ2n) is 9.55. The van der Waals surface area contributed by atoms with E-state index in [9.17, 15) is 4.39 Å². The van der Waals surface area contributed by atoms with Crippen LogP contribution in [0.2, 0.25) is 0 Å². The zero-order valence-corrected chi connectivity index (χ0v) is 18.4. The van der Waals surface area contributed by atoms with Crippen LogP contribution < -0.4 is 0 Å². The lowest BCUT2D eigenvalue weighted by Crippen LogP contribution is -2.25. The quantitative estimate of drug-likeness (QED) is 0.416. The lowest BCUT2D eigenvalue weighted by Gasteiger charge is -2.35. The normalized spacial score (nSPS) is 23.0. The molecule has 0 aromatic heterocycles. The molecule has 2 unspecified atom stereocenters. The van der Waals surface area contributed by atoms with E-state index in [4.69, 9.17) is 0 Å². The van der Waals surface area contributed by atoms with E-state index in [1.54, 1.807) is 17.7 Å². The van der Waals surface area contributed by atoms with Gasteiger partial charge in [0.2, 0.25) is 0 Å². The molecule has 0 bridgehead atoms. The van der Waals surface area contributed by atoms with Gasteiger partial charge in [-0.1, -0.05) is 73.2 Å². The van der Waals surface area contributed by atoms with Crippen LogP contribution in [0.3, 0.4) is 0 Å². The molecule has 156 valence electrons. The van der Waals surface area contributed by atoms with Crippen molar-refractivity contribution in [2.24, 2.45) is 11.3 Å². The SMILES string of the molecule is C=C(C)Cc1ccccc1CCC1CCC2=CC(Cc3ccc(F)cc3)=CCC21C. The molecule has 0 spiro atoms. The number of hydrogen-bond donors (Lipinski definition) is 0. The molecule has 4 rings (SSSR count). The number of aryl methyl sites for hydroxylation is 1. The predicted octanol–water partition coefficient (Wildman–Crippen LogP) is 7.79. The van der Waals surface area contributed by atoms with Crippen molar-refractivity contribution < 1.29 is 4.39 Å². The summed E-state index contributed by atoms with van der Waals surface area (Å²) in [7, 11) is 0. The van der Waals surface area contributed by atoms with Crippen molar-refractivity contribution in [2.45, 2.75) is 58.8 Å². The smallest absolute Gasteiger partial charge is 0.123 e. The van der Waals surface area contributed by atoms with Crippen LogP contribution in [0.4, 0.5) is 4.39 Å². The second-order valence-corrected chi connectivity index (χ2v) is 9.55. The number of fused-ring (bicyclic) bond motifs is 1. The van der Waals surface area contributed by atoms with Gasteiger partial charge in [-0.05, 0) is 97.6 Å². The van der Waals surface area contributed by atoms with E-state index in [0.29, 0.717) is 5.41 Å². The molecule has 0 nitrogen and oxygen atoms in total. The highest BCUT2D eigenvalue weighted by Gasteiger charge is 2.42. The van der Waals surface area contributed by atoms with Gasteiger partial charge in [0.25, 0.3) is 0 Å². The van der Waals surface area contributed by atoms with E-state index in [1.165, 1.54) is 47.1 Å². The highest BCUT2D eigenvalue weighted by Crippen LogP contribution is 2.54.